The van der Waals surface area contributed by atoms with E-state index in [0.717, 1.165) is 83.2 Å². The van der Waals surface area contributed by atoms with Gasteiger partial charge in [0.05, 0.1) is 21.5 Å². The van der Waals surface area contributed by atoms with Crippen LogP contribution in [0.2, 0.25) is 0 Å². The summed E-state index contributed by atoms with van der Waals surface area (Å²) >= 11 is 1.86. The van der Waals surface area contributed by atoms with E-state index in [-0.39, 0.29) is 5.41 Å². The Labute approximate surface area is 356 Å². The summed E-state index contributed by atoms with van der Waals surface area (Å²) in [6, 6.07) is 67.9. The third-order valence-corrected chi connectivity index (χ3v) is 14.3. The minimum Gasteiger partial charge on any atom is -0.456 e. The normalized spacial score (nSPS) is 13.2. The molecule has 0 saturated carbocycles. The van der Waals surface area contributed by atoms with Crippen LogP contribution in [0, 0.1) is 0 Å². The second-order valence-electron chi connectivity index (χ2n) is 16.8. The maximum Gasteiger partial charge on any atom is 0.144 e. The third kappa shape index (κ3) is 4.91. The van der Waals surface area contributed by atoms with Crippen molar-refractivity contribution in [3.8, 4) is 33.4 Å². The number of rotatable bonds is 5. The first-order valence-electron chi connectivity index (χ1n) is 20.9. The number of furan rings is 2. The predicted molar refractivity (Wildman–Crippen MR) is 257 cm³/mol. The topological polar surface area (TPSA) is 29.5 Å². The summed E-state index contributed by atoms with van der Waals surface area (Å²) in [7, 11) is 0. The molecule has 9 aromatic carbocycles. The van der Waals surface area contributed by atoms with Gasteiger partial charge in [0, 0.05) is 48.3 Å². The lowest BCUT2D eigenvalue weighted by Gasteiger charge is -2.29. The molecule has 1 aliphatic carbocycles. The highest BCUT2D eigenvalue weighted by molar-refractivity contribution is 7.26. The monoisotopic (exact) mass is 799 g/mol. The standard InChI is InChI=1S/C57H37NO2S/c1-57(2)44-24-11-8-19-37(44)38-31-30-35(32-45(38)57)58(47-26-14-23-41-39-20-10-13-29-51(39)61-56(41)47)46-25-15-28-49-52(46)43-33-50-53(42-22-9-12-27-48(42)59-50)54(55(43)60-49)40-21-7-6-18-36(40)34-16-4-3-5-17-34/h3-33H,1-2H3. The largest absolute Gasteiger partial charge is 0.456 e. The Morgan fingerprint density at radius 3 is 2.00 bits per heavy atom. The van der Waals surface area contributed by atoms with Crippen molar-refractivity contribution in [3.05, 3.63) is 199 Å². The number of nitrogens with zero attached hydrogens (tertiary/aromatic N) is 1. The lowest BCUT2D eigenvalue weighted by atomic mass is 9.82. The molecule has 1 aliphatic rings. The zero-order valence-corrected chi connectivity index (χ0v) is 34.4. The summed E-state index contributed by atoms with van der Waals surface area (Å²) < 4.78 is 16.6. The van der Waals surface area contributed by atoms with Gasteiger partial charge in [-0.2, -0.15) is 0 Å². The Balaban J connectivity index is 1.15. The van der Waals surface area contributed by atoms with E-state index < -0.39 is 0 Å². The molecule has 0 bridgehead atoms. The van der Waals surface area contributed by atoms with E-state index in [0.29, 0.717) is 0 Å². The fraction of sp³-hybridized carbons (Fsp3) is 0.0526. The van der Waals surface area contributed by atoms with Crippen LogP contribution in [0.1, 0.15) is 25.0 Å². The zero-order valence-electron chi connectivity index (χ0n) is 33.6. The highest BCUT2D eigenvalue weighted by Crippen LogP contribution is 2.54. The van der Waals surface area contributed by atoms with E-state index in [1.54, 1.807) is 0 Å². The molecule has 3 heterocycles. The smallest absolute Gasteiger partial charge is 0.144 e. The van der Waals surface area contributed by atoms with Gasteiger partial charge in [-0.3, -0.25) is 0 Å². The maximum absolute atomic E-state index is 7.24. The van der Waals surface area contributed by atoms with Gasteiger partial charge < -0.3 is 13.7 Å². The Bertz CT molecular complexity index is 3750. The Kier molecular flexibility index (Phi) is 7.23. The van der Waals surface area contributed by atoms with Crippen molar-refractivity contribution in [2.45, 2.75) is 19.3 Å². The van der Waals surface area contributed by atoms with Crippen molar-refractivity contribution in [2.24, 2.45) is 0 Å². The summed E-state index contributed by atoms with van der Waals surface area (Å²) in [6.07, 6.45) is 0. The van der Waals surface area contributed by atoms with Crippen LogP contribution in [0.5, 0.6) is 0 Å². The zero-order chi connectivity index (χ0) is 40.4. The van der Waals surface area contributed by atoms with Crippen LogP contribution in [-0.4, -0.2) is 0 Å². The molecule has 0 fully saturated rings. The van der Waals surface area contributed by atoms with E-state index in [1.165, 1.54) is 42.4 Å². The summed E-state index contributed by atoms with van der Waals surface area (Å²) in [5.41, 5.74) is 16.2. The van der Waals surface area contributed by atoms with Gasteiger partial charge >= 0.3 is 0 Å². The number of para-hydroxylation sites is 1. The molecule has 288 valence electrons. The van der Waals surface area contributed by atoms with Gasteiger partial charge in [-0.05, 0) is 87.5 Å². The molecule has 4 heteroatoms. The van der Waals surface area contributed by atoms with Crippen LogP contribution < -0.4 is 4.90 Å². The summed E-state index contributed by atoms with van der Waals surface area (Å²) in [6.45, 7) is 4.71. The SMILES string of the molecule is CC1(C)c2ccccc2-c2ccc(N(c3cccc4c3sc3ccccc34)c3cccc4oc5c(-c6ccccc6-c6ccccc6)c6c(cc5c34)oc3ccccc36)cc21. The average Bonchev–Trinajstić information content (AvgIpc) is 4.05. The van der Waals surface area contributed by atoms with Crippen molar-refractivity contribution < 1.29 is 8.83 Å². The molecule has 0 spiro atoms. The number of hydrogen-bond acceptors (Lipinski definition) is 4. The number of fused-ring (bicyclic) bond motifs is 12. The van der Waals surface area contributed by atoms with E-state index in [2.05, 4.69) is 201 Å². The molecule has 3 nitrogen and oxygen atoms in total. The number of anilines is 3. The predicted octanol–water partition coefficient (Wildman–Crippen LogP) is 17.0. The van der Waals surface area contributed by atoms with Crippen molar-refractivity contribution in [1.82, 2.24) is 0 Å². The minimum absolute atomic E-state index is 0.167. The van der Waals surface area contributed by atoms with Gasteiger partial charge in [0.2, 0.25) is 0 Å². The van der Waals surface area contributed by atoms with Crippen molar-refractivity contribution >= 4 is 92.4 Å². The van der Waals surface area contributed by atoms with E-state index in [1.807, 2.05) is 17.4 Å². The molecule has 0 N–H and O–H groups in total. The summed E-state index contributed by atoms with van der Waals surface area (Å²) in [4.78, 5) is 2.48. The highest BCUT2D eigenvalue weighted by atomic mass is 32.1. The maximum atomic E-state index is 7.24. The molecule has 0 radical (unpaired) electrons. The van der Waals surface area contributed by atoms with Crippen molar-refractivity contribution in [2.75, 3.05) is 4.90 Å². The molecule has 0 unspecified atom stereocenters. The molecule has 0 saturated heterocycles. The van der Waals surface area contributed by atoms with E-state index in [9.17, 15) is 0 Å². The second-order valence-corrected chi connectivity index (χ2v) is 17.8. The van der Waals surface area contributed by atoms with Gasteiger partial charge in [-0.15, -0.1) is 11.3 Å². The third-order valence-electron chi connectivity index (χ3n) is 13.1. The summed E-state index contributed by atoms with van der Waals surface area (Å²) in [5, 5.41) is 6.70. The van der Waals surface area contributed by atoms with Gasteiger partial charge in [-0.25, -0.2) is 0 Å². The minimum atomic E-state index is -0.167. The molecule has 3 aromatic heterocycles. The van der Waals surface area contributed by atoms with Crippen LogP contribution in [0.25, 0.3) is 97.4 Å². The second kappa shape index (κ2) is 12.8. The first-order valence-corrected chi connectivity index (χ1v) is 21.7. The molecular formula is C57H37NO2S. The molecule has 0 amide bonds. The Morgan fingerprint density at radius 1 is 0.443 bits per heavy atom. The first kappa shape index (κ1) is 34.5. The Morgan fingerprint density at radius 2 is 1.11 bits per heavy atom. The molecule has 12 aromatic rings. The molecule has 61 heavy (non-hydrogen) atoms. The fourth-order valence-corrected chi connectivity index (χ4v) is 11.5. The van der Waals surface area contributed by atoms with Crippen LogP contribution in [-0.2, 0) is 5.41 Å². The molecule has 0 atom stereocenters. The van der Waals surface area contributed by atoms with Gasteiger partial charge in [0.1, 0.15) is 22.3 Å². The average molecular weight is 800 g/mol. The van der Waals surface area contributed by atoms with Crippen molar-refractivity contribution in [3.63, 3.8) is 0 Å². The fourth-order valence-electron chi connectivity index (χ4n) is 10.3. The molecule has 0 aliphatic heterocycles. The van der Waals surface area contributed by atoms with Crippen molar-refractivity contribution in [1.29, 1.82) is 0 Å². The van der Waals surface area contributed by atoms with Crippen LogP contribution in [0.15, 0.2) is 197 Å². The molecule has 13 rings (SSSR count). The van der Waals surface area contributed by atoms with E-state index >= 15 is 0 Å². The first-order chi connectivity index (χ1) is 30.0. The van der Waals surface area contributed by atoms with E-state index in [4.69, 9.17) is 8.83 Å². The van der Waals surface area contributed by atoms with Gasteiger partial charge in [0.15, 0.2) is 0 Å². The van der Waals surface area contributed by atoms with Gasteiger partial charge in [0.25, 0.3) is 0 Å². The lowest BCUT2D eigenvalue weighted by Crippen LogP contribution is -2.16. The quantitative estimate of drug-likeness (QED) is 0.174. The number of benzene rings is 9. The van der Waals surface area contributed by atoms with Crippen LogP contribution in [0.4, 0.5) is 17.1 Å². The van der Waals surface area contributed by atoms with Crippen LogP contribution in [0.3, 0.4) is 0 Å². The van der Waals surface area contributed by atoms with Crippen LogP contribution >= 0.6 is 11.3 Å². The number of thiophene rings is 1. The van der Waals surface area contributed by atoms with Gasteiger partial charge in [-0.1, -0.05) is 153 Å². The lowest BCUT2D eigenvalue weighted by molar-refractivity contribution is 0.660. The Hall–Kier alpha value is -7.40. The summed E-state index contributed by atoms with van der Waals surface area (Å²) in [5.74, 6) is 0. The molecular weight excluding hydrogens is 763 g/mol. The highest BCUT2D eigenvalue weighted by Gasteiger charge is 2.36. The number of hydrogen-bond donors (Lipinski definition) is 0.